The zero-order valence-corrected chi connectivity index (χ0v) is 64.5. The highest BCUT2D eigenvalue weighted by Crippen LogP contribution is 2.40. The molecule has 0 saturated carbocycles. The highest BCUT2D eigenvalue weighted by Gasteiger charge is 2.53. The van der Waals surface area contributed by atoms with E-state index < -0.39 is 59.1 Å². The standard InChI is InChI=1S/C90H114N12O8/c1-5-75(91-3)81(103)97-79-67(55-59-93-61-65-31-13-7-14-32-65)47-49-73-51-53-77(101(73)85(79)107)83(105)99-89(69-35-17-9-18-36-69,70-37-19-10-20-38-70)87(109)95-57-27-25-29-63-43-45-64(46-44-63)30-26-28-58-96-88(110)90(71-39-21-11-22-40-71,72-41-23-12-24-42-72)100-84(106)78-54-52-74-50-48-68(56-60-94-62-66-33-15-8-16-34-66)80(86(108)102(74)78)98-82(104)76(6-2)92-4/h7-24,31-46,67-68,73-80,91-94H,5-6,25-30,47-62H2,1-4H3,(H,95,109)(H,96,110)(H,97,103)(H,98,104)(H,99,105)(H,100,106)/t67-,68-,73+,74+,75+,76+,77+,78+,79+,80+/m1/s1. The average molecular weight is 1490 g/mol. The minimum atomic E-state index is -1.66. The van der Waals surface area contributed by atoms with Crippen molar-refractivity contribution in [1.82, 2.24) is 63.0 Å². The minimum absolute atomic E-state index is 0.173. The fourth-order valence-corrected chi connectivity index (χ4v) is 17.1. The van der Waals surface area contributed by atoms with Gasteiger partial charge in [0.1, 0.15) is 24.2 Å². The second-order valence-corrected chi connectivity index (χ2v) is 30.2. The summed E-state index contributed by atoms with van der Waals surface area (Å²) in [5, 5.41) is 32.6. The topological polar surface area (TPSA) is 263 Å². The number of likely N-dealkylation sites (N-methyl/N-ethyl adjacent to an activating group) is 2. The number of aryl methyl sites for hydroxylation is 2. The molecule has 0 radical (unpaired) electrons. The van der Waals surface area contributed by atoms with Crippen molar-refractivity contribution in [2.24, 2.45) is 11.8 Å². The Morgan fingerprint density at radius 2 is 0.709 bits per heavy atom. The Morgan fingerprint density at radius 1 is 0.391 bits per heavy atom. The Kier molecular flexibility index (Phi) is 29.6. The first-order valence-corrected chi connectivity index (χ1v) is 40.3. The normalized spacial score (nSPS) is 20.4. The third-order valence-electron chi connectivity index (χ3n) is 23.3. The summed E-state index contributed by atoms with van der Waals surface area (Å²) in [6.07, 6.45) is 11.6. The van der Waals surface area contributed by atoms with Gasteiger partial charge in [-0.2, -0.15) is 0 Å². The largest absolute Gasteiger partial charge is 0.353 e. The van der Waals surface area contributed by atoms with E-state index in [1.807, 2.05) is 172 Å². The Balaban J connectivity index is 0.701. The molecule has 7 aromatic carbocycles. The maximum Gasteiger partial charge on any atom is 0.255 e. The summed E-state index contributed by atoms with van der Waals surface area (Å²) in [5.41, 5.74) is 3.60. The molecule has 10 atom stereocenters. The molecule has 8 amide bonds. The van der Waals surface area contributed by atoms with E-state index in [2.05, 4.69) is 102 Å². The average Bonchev–Trinajstić information content (AvgIpc) is 1.72. The first-order valence-electron chi connectivity index (χ1n) is 40.3. The lowest BCUT2D eigenvalue weighted by Gasteiger charge is -2.38. The van der Waals surface area contributed by atoms with Gasteiger partial charge in [-0.15, -0.1) is 0 Å². The molecule has 110 heavy (non-hydrogen) atoms. The number of fused-ring (bicyclic) bond motifs is 2. The van der Waals surface area contributed by atoms with Crippen molar-refractivity contribution in [1.29, 1.82) is 0 Å². The summed E-state index contributed by atoms with van der Waals surface area (Å²) < 4.78 is 0. The van der Waals surface area contributed by atoms with E-state index in [1.165, 1.54) is 0 Å². The summed E-state index contributed by atoms with van der Waals surface area (Å²) >= 11 is 0. The molecule has 20 heteroatoms. The molecule has 4 aliphatic rings. The molecular formula is C90H114N12O8. The quantitative estimate of drug-likeness (QED) is 0.0162. The van der Waals surface area contributed by atoms with E-state index in [4.69, 9.17) is 0 Å². The molecule has 4 heterocycles. The van der Waals surface area contributed by atoms with E-state index >= 15 is 28.8 Å². The van der Waals surface area contributed by atoms with Gasteiger partial charge in [-0.3, -0.25) is 38.4 Å². The monoisotopic (exact) mass is 1490 g/mol. The van der Waals surface area contributed by atoms with Crippen LogP contribution in [0.25, 0.3) is 0 Å². The van der Waals surface area contributed by atoms with Gasteiger partial charge < -0.3 is 63.0 Å². The van der Waals surface area contributed by atoms with E-state index in [1.54, 1.807) is 23.9 Å². The molecule has 0 bridgehead atoms. The fourth-order valence-electron chi connectivity index (χ4n) is 17.1. The molecule has 4 fully saturated rings. The molecule has 20 nitrogen and oxygen atoms in total. The number of hydrogen-bond acceptors (Lipinski definition) is 12. The Labute approximate surface area is 650 Å². The fraction of sp³-hybridized carbons (Fsp3) is 0.444. The van der Waals surface area contributed by atoms with Crippen LogP contribution >= 0.6 is 0 Å². The van der Waals surface area contributed by atoms with Crippen molar-refractivity contribution >= 4 is 47.3 Å². The zero-order valence-electron chi connectivity index (χ0n) is 64.5. The number of nitrogens with one attached hydrogen (secondary N) is 10. The predicted molar refractivity (Wildman–Crippen MR) is 430 cm³/mol. The number of carbonyl (C=O) groups excluding carboxylic acids is 8. The molecule has 11 rings (SSSR count). The summed E-state index contributed by atoms with van der Waals surface area (Å²) in [5.74, 6) is -3.05. The van der Waals surface area contributed by atoms with Crippen molar-refractivity contribution < 1.29 is 38.4 Å². The number of hydrogen-bond donors (Lipinski definition) is 10. The number of unbranched alkanes of at least 4 members (excludes halogenated alkanes) is 2. The van der Waals surface area contributed by atoms with E-state index in [9.17, 15) is 9.59 Å². The van der Waals surface area contributed by atoms with Gasteiger partial charge in [-0.25, -0.2) is 0 Å². The van der Waals surface area contributed by atoms with Crippen LogP contribution in [0.4, 0.5) is 0 Å². The Hall–Kier alpha value is -9.86. The Bertz CT molecular complexity index is 3760. The molecule has 10 N–H and O–H groups in total. The van der Waals surface area contributed by atoms with Crippen LogP contribution in [0.3, 0.4) is 0 Å². The zero-order chi connectivity index (χ0) is 77.2. The van der Waals surface area contributed by atoms with Crippen LogP contribution in [0.2, 0.25) is 0 Å². The maximum atomic E-state index is 15.3. The van der Waals surface area contributed by atoms with E-state index in [-0.39, 0.29) is 59.4 Å². The first-order chi connectivity index (χ1) is 53.7. The molecule has 582 valence electrons. The molecular weight excluding hydrogens is 1380 g/mol. The van der Waals surface area contributed by atoms with Crippen LogP contribution in [0.15, 0.2) is 206 Å². The third-order valence-corrected chi connectivity index (χ3v) is 23.3. The third kappa shape index (κ3) is 19.8. The van der Waals surface area contributed by atoms with Crippen molar-refractivity contribution in [2.45, 2.75) is 202 Å². The SMILES string of the molecule is CC[C@H](NC)C(=O)N[C@@H]1C(=O)N2[C@@H](CC[C@@H]1CCNCc1ccccc1)CC[C@H]2C(=O)NC(C(=O)NCCCCc1ccc(CCCCNC(=O)C(NC(=O)[C@@H]2CC[C@@H]3CC[C@H](CCNCc4ccccc4)[C@H](NC(=O)[C@H](CC)NC)C(=O)N32)(c2ccccc2)c2ccccc2)cc1)(c1ccccc1)c1ccccc1. The molecule has 0 aromatic heterocycles. The van der Waals surface area contributed by atoms with Crippen LogP contribution in [-0.2, 0) is 75.4 Å². The number of amides is 8. The van der Waals surface area contributed by atoms with Crippen LogP contribution in [0, 0.1) is 11.8 Å². The van der Waals surface area contributed by atoms with Gasteiger partial charge in [0.25, 0.3) is 11.8 Å². The smallest absolute Gasteiger partial charge is 0.255 e. The van der Waals surface area contributed by atoms with Crippen molar-refractivity contribution in [2.75, 3.05) is 40.3 Å². The molecule has 4 aliphatic heterocycles. The van der Waals surface area contributed by atoms with E-state index in [0.29, 0.717) is 151 Å². The van der Waals surface area contributed by atoms with Gasteiger partial charge in [-0.1, -0.05) is 220 Å². The molecule has 0 aliphatic carbocycles. The van der Waals surface area contributed by atoms with Crippen LogP contribution < -0.4 is 53.2 Å². The first kappa shape index (κ1) is 81.1. The lowest BCUT2D eigenvalue weighted by atomic mass is 9.81. The minimum Gasteiger partial charge on any atom is -0.353 e. The van der Waals surface area contributed by atoms with Gasteiger partial charge in [0.15, 0.2) is 11.1 Å². The number of nitrogens with zero attached hydrogens (tertiary/aromatic N) is 2. The van der Waals surface area contributed by atoms with Crippen LogP contribution in [0.5, 0.6) is 0 Å². The van der Waals surface area contributed by atoms with Crippen LogP contribution in [0.1, 0.15) is 161 Å². The predicted octanol–water partition coefficient (Wildman–Crippen LogP) is 9.55. The van der Waals surface area contributed by atoms with Crippen molar-refractivity contribution in [3.8, 4) is 0 Å². The summed E-state index contributed by atoms with van der Waals surface area (Å²) in [6.45, 7) is 7.17. The lowest BCUT2D eigenvalue weighted by Crippen LogP contribution is -2.62. The molecule has 0 unspecified atom stereocenters. The molecule has 4 saturated heterocycles. The summed E-state index contributed by atoms with van der Waals surface area (Å²) in [4.78, 5) is 123. The maximum absolute atomic E-state index is 15.3. The van der Waals surface area contributed by atoms with Crippen molar-refractivity contribution in [3.05, 3.63) is 251 Å². The van der Waals surface area contributed by atoms with Gasteiger partial charge in [-0.05, 0) is 199 Å². The highest BCUT2D eigenvalue weighted by molar-refractivity contribution is 6.01. The van der Waals surface area contributed by atoms with Gasteiger partial charge in [0.05, 0.1) is 12.1 Å². The number of carbonyl (C=O) groups is 8. The summed E-state index contributed by atoms with van der Waals surface area (Å²) in [7, 11) is 3.48. The second-order valence-electron chi connectivity index (χ2n) is 30.2. The molecule has 7 aromatic rings. The Morgan fingerprint density at radius 3 is 1.03 bits per heavy atom. The van der Waals surface area contributed by atoms with Crippen LogP contribution in [-0.4, -0.2) is 146 Å². The lowest BCUT2D eigenvalue weighted by molar-refractivity contribution is -0.145. The molecule has 0 spiro atoms. The van der Waals surface area contributed by atoms with Crippen molar-refractivity contribution in [3.63, 3.8) is 0 Å². The van der Waals surface area contributed by atoms with E-state index in [0.717, 1.165) is 47.9 Å². The number of rotatable bonds is 38. The van der Waals surface area contributed by atoms with Gasteiger partial charge in [0, 0.05) is 38.3 Å². The summed E-state index contributed by atoms with van der Waals surface area (Å²) in [6, 6.07) is 61.2. The number of benzene rings is 7. The van der Waals surface area contributed by atoms with Gasteiger partial charge in [0.2, 0.25) is 35.4 Å². The highest BCUT2D eigenvalue weighted by atomic mass is 16.2. The van der Waals surface area contributed by atoms with Gasteiger partial charge >= 0.3 is 0 Å². The second kappa shape index (κ2) is 40.2.